The summed E-state index contributed by atoms with van der Waals surface area (Å²) in [5, 5.41) is 2.34. The smallest absolute Gasteiger partial charge is 0.338 e. The number of para-hydroxylation sites is 1. The molecule has 3 rings (SSSR count). The fraction of sp³-hybridized carbons (Fsp3) is 0.250. The molecular formula is C20H19FN2O4. The van der Waals surface area contributed by atoms with E-state index < -0.39 is 24.3 Å². The van der Waals surface area contributed by atoms with Crippen LogP contribution in [0.25, 0.3) is 0 Å². The first kappa shape index (κ1) is 18.6. The Labute approximate surface area is 155 Å². The first-order chi connectivity index (χ1) is 13.0. The predicted octanol–water partition coefficient (Wildman–Crippen LogP) is 2.74. The number of hydrogen-bond acceptors (Lipinski definition) is 4. The normalized spacial score (nSPS) is 13.5. The van der Waals surface area contributed by atoms with Gasteiger partial charge < -0.3 is 15.0 Å². The number of hydrogen-bond donors (Lipinski definition) is 1. The van der Waals surface area contributed by atoms with Crippen LogP contribution in [0.2, 0.25) is 0 Å². The monoisotopic (exact) mass is 370 g/mol. The van der Waals surface area contributed by atoms with Gasteiger partial charge in [0.05, 0.1) is 11.3 Å². The van der Waals surface area contributed by atoms with Crippen LogP contribution in [-0.4, -0.2) is 35.8 Å². The Balaban J connectivity index is 1.49. The van der Waals surface area contributed by atoms with E-state index >= 15 is 0 Å². The number of anilines is 1. The third-order valence-electron chi connectivity index (χ3n) is 4.22. The van der Waals surface area contributed by atoms with Crippen molar-refractivity contribution in [1.82, 2.24) is 4.90 Å². The lowest BCUT2D eigenvalue weighted by atomic mass is 10.1. The van der Waals surface area contributed by atoms with Gasteiger partial charge in [0.15, 0.2) is 6.61 Å². The van der Waals surface area contributed by atoms with Crippen LogP contribution in [0.15, 0.2) is 48.5 Å². The molecule has 0 atom stereocenters. The van der Waals surface area contributed by atoms with Crippen LogP contribution >= 0.6 is 0 Å². The standard InChI is InChI=1S/C20H19FN2O4/c21-16-4-1-2-5-17(16)22-18(24)13-27-20(26)15-9-7-14(8-10-15)12-23-11-3-6-19(23)25/h1-2,4-5,7-10H,3,6,11-13H2,(H,22,24). The highest BCUT2D eigenvalue weighted by atomic mass is 19.1. The second-order valence-corrected chi connectivity index (χ2v) is 6.22. The molecular weight excluding hydrogens is 351 g/mol. The van der Waals surface area contributed by atoms with E-state index in [9.17, 15) is 18.8 Å². The Morgan fingerprint density at radius 1 is 1.11 bits per heavy atom. The molecule has 0 spiro atoms. The zero-order valence-corrected chi connectivity index (χ0v) is 14.6. The minimum absolute atomic E-state index is 0.0272. The van der Waals surface area contributed by atoms with E-state index in [4.69, 9.17) is 4.74 Å². The van der Waals surface area contributed by atoms with Crippen molar-refractivity contribution >= 4 is 23.5 Å². The van der Waals surface area contributed by atoms with Gasteiger partial charge >= 0.3 is 5.97 Å². The lowest BCUT2D eigenvalue weighted by molar-refractivity contribution is -0.128. The molecule has 0 aromatic heterocycles. The molecule has 0 saturated carbocycles. The summed E-state index contributed by atoms with van der Waals surface area (Å²) in [5.41, 5.74) is 1.24. The minimum atomic E-state index is -0.650. The van der Waals surface area contributed by atoms with Crippen molar-refractivity contribution in [2.24, 2.45) is 0 Å². The molecule has 27 heavy (non-hydrogen) atoms. The highest BCUT2D eigenvalue weighted by molar-refractivity contribution is 5.95. The third-order valence-corrected chi connectivity index (χ3v) is 4.22. The molecule has 1 saturated heterocycles. The van der Waals surface area contributed by atoms with Crippen molar-refractivity contribution in [2.75, 3.05) is 18.5 Å². The van der Waals surface area contributed by atoms with Gasteiger partial charge in [-0.25, -0.2) is 9.18 Å². The zero-order valence-electron chi connectivity index (χ0n) is 14.6. The molecule has 2 amide bonds. The fourth-order valence-corrected chi connectivity index (χ4v) is 2.80. The SMILES string of the molecule is O=C(COC(=O)c1ccc(CN2CCCC2=O)cc1)Nc1ccccc1F. The number of amides is 2. The van der Waals surface area contributed by atoms with Crippen molar-refractivity contribution in [3.05, 3.63) is 65.5 Å². The number of carbonyl (C=O) groups is 3. The predicted molar refractivity (Wildman–Crippen MR) is 96.4 cm³/mol. The first-order valence-corrected chi connectivity index (χ1v) is 8.61. The van der Waals surface area contributed by atoms with E-state index in [1.807, 2.05) is 0 Å². The van der Waals surface area contributed by atoms with Crippen molar-refractivity contribution in [3.8, 4) is 0 Å². The van der Waals surface area contributed by atoms with Gasteiger partial charge in [-0.1, -0.05) is 24.3 Å². The number of esters is 1. The van der Waals surface area contributed by atoms with E-state index in [1.54, 1.807) is 35.2 Å². The number of likely N-dealkylation sites (tertiary alicyclic amines) is 1. The van der Waals surface area contributed by atoms with Crippen LogP contribution < -0.4 is 5.32 Å². The minimum Gasteiger partial charge on any atom is -0.452 e. The van der Waals surface area contributed by atoms with Crippen LogP contribution in [0.5, 0.6) is 0 Å². The second-order valence-electron chi connectivity index (χ2n) is 6.22. The molecule has 2 aromatic carbocycles. The average Bonchev–Trinajstić information content (AvgIpc) is 3.07. The van der Waals surface area contributed by atoms with Crippen LogP contribution in [0.3, 0.4) is 0 Å². The van der Waals surface area contributed by atoms with E-state index in [2.05, 4.69) is 5.32 Å². The Kier molecular flexibility index (Phi) is 5.80. The lowest BCUT2D eigenvalue weighted by Gasteiger charge is -2.15. The highest BCUT2D eigenvalue weighted by Gasteiger charge is 2.20. The summed E-state index contributed by atoms with van der Waals surface area (Å²) in [4.78, 5) is 37.2. The van der Waals surface area contributed by atoms with Gasteiger partial charge in [0.2, 0.25) is 5.91 Å². The van der Waals surface area contributed by atoms with Gasteiger partial charge in [0.25, 0.3) is 5.91 Å². The maximum absolute atomic E-state index is 13.5. The largest absolute Gasteiger partial charge is 0.452 e. The summed E-state index contributed by atoms with van der Waals surface area (Å²) in [7, 11) is 0. The van der Waals surface area contributed by atoms with Crippen molar-refractivity contribution < 1.29 is 23.5 Å². The summed E-state index contributed by atoms with van der Waals surface area (Å²) in [6, 6.07) is 12.4. The molecule has 1 aliphatic rings. The van der Waals surface area contributed by atoms with Gasteiger partial charge in [-0.05, 0) is 36.2 Å². The molecule has 140 valence electrons. The second kappa shape index (κ2) is 8.44. The molecule has 1 fully saturated rings. The van der Waals surface area contributed by atoms with Gasteiger partial charge in [0.1, 0.15) is 5.82 Å². The van der Waals surface area contributed by atoms with Crippen LogP contribution in [0.4, 0.5) is 10.1 Å². The fourth-order valence-electron chi connectivity index (χ4n) is 2.80. The van der Waals surface area contributed by atoms with Crippen molar-refractivity contribution in [1.29, 1.82) is 0 Å². The average molecular weight is 370 g/mol. The summed E-state index contributed by atoms with van der Waals surface area (Å²) >= 11 is 0. The number of halogens is 1. The number of carbonyl (C=O) groups excluding carboxylic acids is 3. The van der Waals surface area contributed by atoms with Gasteiger partial charge in [-0.3, -0.25) is 9.59 Å². The van der Waals surface area contributed by atoms with Gasteiger partial charge in [0, 0.05) is 19.5 Å². The van der Waals surface area contributed by atoms with E-state index in [0.29, 0.717) is 18.5 Å². The molecule has 0 unspecified atom stereocenters. The van der Waals surface area contributed by atoms with Gasteiger partial charge in [-0.2, -0.15) is 0 Å². The summed E-state index contributed by atoms with van der Waals surface area (Å²) in [6.45, 7) is 0.746. The Morgan fingerprint density at radius 2 is 1.85 bits per heavy atom. The summed E-state index contributed by atoms with van der Waals surface area (Å²) in [5.74, 6) is -1.70. The van der Waals surface area contributed by atoms with Crippen LogP contribution in [0, 0.1) is 5.82 Å². The Bertz CT molecular complexity index is 851. The molecule has 0 aliphatic carbocycles. The molecule has 1 heterocycles. The zero-order chi connectivity index (χ0) is 19.2. The van der Waals surface area contributed by atoms with E-state index in [-0.39, 0.29) is 11.6 Å². The molecule has 0 radical (unpaired) electrons. The number of nitrogens with one attached hydrogen (secondary N) is 1. The third kappa shape index (κ3) is 4.91. The number of nitrogens with zero attached hydrogens (tertiary/aromatic N) is 1. The van der Waals surface area contributed by atoms with Crippen molar-refractivity contribution in [3.63, 3.8) is 0 Å². The van der Waals surface area contributed by atoms with Crippen LogP contribution in [0.1, 0.15) is 28.8 Å². The number of benzene rings is 2. The van der Waals surface area contributed by atoms with Gasteiger partial charge in [-0.15, -0.1) is 0 Å². The highest BCUT2D eigenvalue weighted by Crippen LogP contribution is 2.15. The summed E-state index contributed by atoms with van der Waals surface area (Å²) in [6.07, 6.45) is 1.46. The molecule has 6 nitrogen and oxygen atoms in total. The van der Waals surface area contributed by atoms with E-state index in [0.717, 1.165) is 18.5 Å². The quantitative estimate of drug-likeness (QED) is 0.794. The van der Waals surface area contributed by atoms with Crippen molar-refractivity contribution in [2.45, 2.75) is 19.4 Å². The molecule has 1 N–H and O–H groups in total. The van der Waals surface area contributed by atoms with E-state index in [1.165, 1.54) is 18.2 Å². The maximum atomic E-state index is 13.5. The molecule has 0 bridgehead atoms. The molecule has 2 aromatic rings. The lowest BCUT2D eigenvalue weighted by Crippen LogP contribution is -2.24. The molecule has 7 heteroatoms. The molecule has 1 aliphatic heterocycles. The number of rotatable bonds is 6. The number of ether oxygens (including phenoxy) is 1. The van der Waals surface area contributed by atoms with Crippen LogP contribution in [-0.2, 0) is 20.9 Å². The maximum Gasteiger partial charge on any atom is 0.338 e. The Hall–Kier alpha value is -3.22. The Morgan fingerprint density at radius 3 is 2.52 bits per heavy atom. The first-order valence-electron chi connectivity index (χ1n) is 8.61. The summed E-state index contributed by atoms with van der Waals surface area (Å²) < 4.78 is 18.4. The topological polar surface area (TPSA) is 75.7 Å².